The predicted molar refractivity (Wildman–Crippen MR) is 131 cm³/mol. The van der Waals surface area contributed by atoms with E-state index in [1.807, 2.05) is 18.2 Å². The molecule has 1 heterocycles. The molecule has 10 heteroatoms. The highest BCUT2D eigenvalue weighted by Crippen LogP contribution is 2.13. The van der Waals surface area contributed by atoms with E-state index in [9.17, 15) is 23.5 Å². The van der Waals surface area contributed by atoms with Crippen LogP contribution >= 0.6 is 11.8 Å². The molecule has 0 saturated carbocycles. The van der Waals surface area contributed by atoms with Crippen molar-refractivity contribution in [2.45, 2.75) is 43.6 Å². The molecule has 2 unspecified atom stereocenters. The first kappa shape index (κ1) is 26.5. The zero-order valence-electron chi connectivity index (χ0n) is 19.5. The Balaban J connectivity index is 1.75. The topological polar surface area (TPSA) is 107 Å². The third kappa shape index (κ3) is 7.98. The molecule has 2 aromatic carbocycles. The molecule has 35 heavy (non-hydrogen) atoms. The molecule has 2 atom stereocenters. The van der Waals surface area contributed by atoms with Gasteiger partial charge in [-0.15, -0.1) is 0 Å². The number of thioether (sulfide) groups is 1. The summed E-state index contributed by atoms with van der Waals surface area (Å²) in [4.78, 5) is 31.3. The van der Waals surface area contributed by atoms with E-state index in [0.717, 1.165) is 36.2 Å². The number of aliphatic hydroxyl groups excluding tert-OH is 1. The maximum atomic E-state index is 13.7. The maximum absolute atomic E-state index is 13.7. The zero-order valence-corrected chi connectivity index (χ0v) is 20.3. The van der Waals surface area contributed by atoms with Gasteiger partial charge in [0.15, 0.2) is 5.16 Å². The second-order valence-corrected chi connectivity index (χ2v) is 8.87. The normalized spacial score (nSPS) is 12.8. The number of aryl methyl sites for hydroxylation is 1. The first-order valence-electron chi connectivity index (χ1n) is 11.1. The molecule has 0 aliphatic heterocycles. The Morgan fingerprint density at radius 3 is 2.51 bits per heavy atom. The number of carbonyl (C=O) groups is 1. The Kier molecular flexibility index (Phi) is 9.53. The molecule has 0 bridgehead atoms. The number of hydrogen-bond acceptors (Lipinski definition) is 6. The minimum atomic E-state index is -1.10. The Labute approximate surface area is 206 Å². The molecular weight excluding hydrogens is 474 g/mol. The van der Waals surface area contributed by atoms with Crippen molar-refractivity contribution in [3.05, 3.63) is 92.9 Å². The van der Waals surface area contributed by atoms with E-state index in [0.29, 0.717) is 6.54 Å². The summed E-state index contributed by atoms with van der Waals surface area (Å²) in [6.45, 7) is 2.67. The molecule has 186 valence electrons. The van der Waals surface area contributed by atoms with Crippen molar-refractivity contribution in [2.75, 3.05) is 12.8 Å². The van der Waals surface area contributed by atoms with Gasteiger partial charge in [-0.3, -0.25) is 9.59 Å². The zero-order chi connectivity index (χ0) is 25.4. The third-order valence-corrected chi connectivity index (χ3v) is 5.97. The van der Waals surface area contributed by atoms with Crippen LogP contribution in [-0.4, -0.2) is 45.9 Å². The van der Waals surface area contributed by atoms with E-state index in [1.165, 1.54) is 17.3 Å². The standard InChI is InChI=1S/C25H28F2N4O3S/c1-3-15-5-4-6-16(7-15)13-28-14-22(32)20(10-17-8-18(26)11-19(27)9-17)29-24(34)21-12-23(33)31-25(30-21)35-2/h4-9,11-12,20,22,28,32H,3,10,13-14H2,1-2H3,(H,29,34)(H,30,31,33). The molecule has 0 aliphatic rings. The number of benzene rings is 2. The number of amides is 1. The van der Waals surface area contributed by atoms with Crippen LogP contribution in [0.4, 0.5) is 8.78 Å². The lowest BCUT2D eigenvalue weighted by Crippen LogP contribution is -2.49. The first-order valence-corrected chi connectivity index (χ1v) is 12.4. The second-order valence-electron chi connectivity index (χ2n) is 8.07. The van der Waals surface area contributed by atoms with Gasteiger partial charge in [0, 0.05) is 25.2 Å². The smallest absolute Gasteiger partial charge is 0.270 e. The van der Waals surface area contributed by atoms with Crippen molar-refractivity contribution in [1.29, 1.82) is 0 Å². The van der Waals surface area contributed by atoms with Crippen LogP contribution in [0.1, 0.15) is 34.1 Å². The lowest BCUT2D eigenvalue weighted by Gasteiger charge is -2.25. The quantitative estimate of drug-likeness (QED) is 0.237. The largest absolute Gasteiger partial charge is 0.390 e. The van der Waals surface area contributed by atoms with Crippen molar-refractivity contribution in [3.8, 4) is 0 Å². The van der Waals surface area contributed by atoms with Gasteiger partial charge in [0.25, 0.3) is 11.5 Å². The van der Waals surface area contributed by atoms with Gasteiger partial charge in [0.1, 0.15) is 17.3 Å². The average Bonchev–Trinajstić information content (AvgIpc) is 2.82. The van der Waals surface area contributed by atoms with Crippen molar-refractivity contribution in [3.63, 3.8) is 0 Å². The van der Waals surface area contributed by atoms with E-state index < -0.39 is 35.2 Å². The lowest BCUT2D eigenvalue weighted by molar-refractivity contribution is 0.0824. The molecule has 3 rings (SSSR count). The molecule has 7 nitrogen and oxygen atoms in total. The van der Waals surface area contributed by atoms with Crippen LogP contribution < -0.4 is 16.2 Å². The van der Waals surface area contributed by atoms with Gasteiger partial charge in [-0.1, -0.05) is 43.0 Å². The summed E-state index contributed by atoms with van der Waals surface area (Å²) in [5, 5.41) is 17.0. The van der Waals surface area contributed by atoms with Crippen LogP contribution in [0.2, 0.25) is 0 Å². The minimum Gasteiger partial charge on any atom is -0.390 e. The highest BCUT2D eigenvalue weighted by molar-refractivity contribution is 7.98. The van der Waals surface area contributed by atoms with Crippen molar-refractivity contribution >= 4 is 17.7 Å². The molecule has 1 amide bonds. The number of halogens is 2. The summed E-state index contributed by atoms with van der Waals surface area (Å²) >= 11 is 1.17. The summed E-state index contributed by atoms with van der Waals surface area (Å²) in [7, 11) is 0. The number of H-pyrrole nitrogens is 1. The van der Waals surface area contributed by atoms with Gasteiger partial charge in [0.05, 0.1) is 12.1 Å². The Hall–Kier alpha value is -3.08. The van der Waals surface area contributed by atoms with E-state index in [2.05, 4.69) is 33.6 Å². The van der Waals surface area contributed by atoms with Crippen molar-refractivity contribution in [1.82, 2.24) is 20.6 Å². The fraction of sp³-hybridized carbons (Fsp3) is 0.320. The second kappa shape index (κ2) is 12.6. The number of nitrogens with one attached hydrogen (secondary N) is 3. The first-order chi connectivity index (χ1) is 16.8. The van der Waals surface area contributed by atoms with E-state index in [4.69, 9.17) is 0 Å². The molecule has 0 fully saturated rings. The van der Waals surface area contributed by atoms with Gasteiger partial charge in [-0.05, 0) is 47.9 Å². The Bertz CT molecular complexity index is 1200. The van der Waals surface area contributed by atoms with Gasteiger partial charge in [-0.2, -0.15) is 0 Å². The van der Waals surface area contributed by atoms with Crippen molar-refractivity contribution in [2.24, 2.45) is 0 Å². The van der Waals surface area contributed by atoms with Crippen LogP contribution in [0.15, 0.2) is 58.5 Å². The molecule has 3 aromatic rings. The Morgan fingerprint density at radius 2 is 1.83 bits per heavy atom. The molecule has 1 aromatic heterocycles. The molecule has 0 radical (unpaired) electrons. The number of aliphatic hydroxyl groups is 1. The predicted octanol–water partition coefficient (Wildman–Crippen LogP) is 2.82. The highest BCUT2D eigenvalue weighted by atomic mass is 32.2. The van der Waals surface area contributed by atoms with Gasteiger partial charge >= 0.3 is 0 Å². The molecule has 0 spiro atoms. The van der Waals surface area contributed by atoms with Crippen LogP contribution in [-0.2, 0) is 19.4 Å². The number of hydrogen-bond donors (Lipinski definition) is 4. The number of aromatic amines is 1. The SMILES string of the molecule is CCc1cccc(CNCC(O)C(Cc2cc(F)cc(F)c2)NC(=O)c2cc(=O)[nH]c(SC)n2)c1. The minimum absolute atomic E-state index is 0.0346. The maximum Gasteiger partial charge on any atom is 0.270 e. The number of nitrogens with zero attached hydrogens (tertiary/aromatic N) is 1. The fourth-order valence-electron chi connectivity index (χ4n) is 3.62. The average molecular weight is 503 g/mol. The van der Waals surface area contributed by atoms with Gasteiger partial charge < -0.3 is 20.7 Å². The number of aromatic nitrogens is 2. The highest BCUT2D eigenvalue weighted by Gasteiger charge is 2.24. The summed E-state index contributed by atoms with van der Waals surface area (Å²) < 4.78 is 27.5. The Morgan fingerprint density at radius 1 is 1.11 bits per heavy atom. The van der Waals surface area contributed by atoms with E-state index in [-0.39, 0.29) is 29.4 Å². The number of rotatable bonds is 11. The van der Waals surface area contributed by atoms with Crippen molar-refractivity contribution < 1.29 is 18.7 Å². The summed E-state index contributed by atoms with van der Waals surface area (Å²) in [6.07, 6.45) is 1.48. The molecule has 0 aliphatic carbocycles. The van der Waals surface area contributed by atoms with E-state index in [1.54, 1.807) is 6.26 Å². The third-order valence-electron chi connectivity index (χ3n) is 5.39. The monoisotopic (exact) mass is 502 g/mol. The summed E-state index contributed by atoms with van der Waals surface area (Å²) in [5.74, 6) is -2.19. The fourth-order valence-corrected chi connectivity index (χ4v) is 4.02. The van der Waals surface area contributed by atoms with Gasteiger partial charge in [0.2, 0.25) is 0 Å². The summed E-state index contributed by atoms with van der Waals surface area (Å²) in [6, 6.07) is 11.2. The van der Waals surface area contributed by atoms with Crippen LogP contribution in [0.3, 0.4) is 0 Å². The molecular formula is C25H28F2N4O3S. The van der Waals surface area contributed by atoms with Crippen LogP contribution in [0.5, 0.6) is 0 Å². The van der Waals surface area contributed by atoms with Gasteiger partial charge in [-0.25, -0.2) is 13.8 Å². The van der Waals surface area contributed by atoms with E-state index >= 15 is 0 Å². The summed E-state index contributed by atoms with van der Waals surface area (Å²) in [5.41, 5.74) is 1.89. The molecule has 4 N–H and O–H groups in total. The van der Waals surface area contributed by atoms with Crippen LogP contribution in [0.25, 0.3) is 0 Å². The molecule has 0 saturated heterocycles. The lowest BCUT2D eigenvalue weighted by atomic mass is 10.00. The van der Waals surface area contributed by atoms with Crippen LogP contribution in [0, 0.1) is 11.6 Å². The number of carbonyl (C=O) groups excluding carboxylic acids is 1.